The van der Waals surface area contributed by atoms with Crippen LogP contribution in [0.15, 0.2) is 27.8 Å². The molecule has 0 spiro atoms. The standard InChI is InChI=1S/C14H25N3O2S/c1-12(11-18-2)17-14(16-8-10-20-3)15-7-6-13-5-4-9-19-13/h4-5,9,12H,6-8,10-11H2,1-3H3,(H2,15,16,17). The minimum absolute atomic E-state index is 0.226. The van der Waals surface area contributed by atoms with E-state index in [1.165, 1.54) is 0 Å². The quantitative estimate of drug-likeness (QED) is 0.413. The first kappa shape index (κ1) is 16.9. The molecule has 114 valence electrons. The van der Waals surface area contributed by atoms with Crippen molar-refractivity contribution in [3.05, 3.63) is 24.2 Å². The Bertz CT molecular complexity index is 369. The highest BCUT2D eigenvalue weighted by molar-refractivity contribution is 7.98. The summed E-state index contributed by atoms with van der Waals surface area (Å²) >= 11 is 1.79. The van der Waals surface area contributed by atoms with Crippen LogP contribution >= 0.6 is 11.8 Å². The molecule has 0 aliphatic carbocycles. The predicted octanol–water partition coefficient (Wildman–Crippen LogP) is 1.76. The van der Waals surface area contributed by atoms with Crippen molar-refractivity contribution >= 4 is 17.7 Å². The number of hydrogen-bond donors (Lipinski definition) is 2. The smallest absolute Gasteiger partial charge is 0.191 e. The van der Waals surface area contributed by atoms with Gasteiger partial charge in [-0.25, -0.2) is 0 Å². The second kappa shape index (κ2) is 10.6. The number of rotatable bonds is 9. The van der Waals surface area contributed by atoms with Crippen LogP contribution in [0.4, 0.5) is 0 Å². The Kier molecular flexibility index (Phi) is 8.98. The van der Waals surface area contributed by atoms with Crippen molar-refractivity contribution in [2.75, 3.05) is 38.8 Å². The third kappa shape index (κ3) is 7.45. The maximum absolute atomic E-state index is 5.31. The van der Waals surface area contributed by atoms with Crippen LogP contribution in [0.1, 0.15) is 12.7 Å². The summed E-state index contributed by atoms with van der Waals surface area (Å²) in [6.45, 7) is 4.32. The lowest BCUT2D eigenvalue weighted by atomic mass is 10.3. The Morgan fingerprint density at radius 3 is 3.05 bits per heavy atom. The average Bonchev–Trinajstić information content (AvgIpc) is 2.92. The number of nitrogens with one attached hydrogen (secondary N) is 2. The number of aliphatic imine (C=N–C) groups is 1. The third-order valence-electron chi connectivity index (χ3n) is 2.61. The second-order valence-corrected chi connectivity index (χ2v) is 5.47. The number of thioether (sulfide) groups is 1. The van der Waals surface area contributed by atoms with E-state index in [0.29, 0.717) is 6.61 Å². The van der Waals surface area contributed by atoms with Crippen molar-refractivity contribution in [3.63, 3.8) is 0 Å². The molecule has 1 heterocycles. The molecule has 5 nitrogen and oxygen atoms in total. The third-order valence-corrected chi connectivity index (χ3v) is 3.20. The second-order valence-electron chi connectivity index (χ2n) is 4.48. The van der Waals surface area contributed by atoms with Crippen molar-refractivity contribution in [1.82, 2.24) is 10.6 Å². The van der Waals surface area contributed by atoms with E-state index < -0.39 is 0 Å². The number of ether oxygens (including phenoxy) is 1. The number of furan rings is 1. The Morgan fingerprint density at radius 2 is 2.40 bits per heavy atom. The lowest BCUT2D eigenvalue weighted by Crippen LogP contribution is -2.44. The largest absolute Gasteiger partial charge is 0.469 e. The predicted molar refractivity (Wildman–Crippen MR) is 85.6 cm³/mol. The first-order valence-corrected chi connectivity index (χ1v) is 8.20. The van der Waals surface area contributed by atoms with Gasteiger partial charge in [-0.2, -0.15) is 11.8 Å². The zero-order valence-corrected chi connectivity index (χ0v) is 13.3. The zero-order valence-electron chi connectivity index (χ0n) is 12.5. The van der Waals surface area contributed by atoms with Gasteiger partial charge in [0.25, 0.3) is 0 Å². The fraction of sp³-hybridized carbons (Fsp3) is 0.643. The molecule has 0 radical (unpaired) electrons. The molecule has 0 saturated carbocycles. The van der Waals surface area contributed by atoms with Crippen LogP contribution in [0.3, 0.4) is 0 Å². The summed E-state index contributed by atoms with van der Waals surface area (Å²) in [6, 6.07) is 4.11. The number of hydrogen-bond acceptors (Lipinski definition) is 4. The van der Waals surface area contributed by atoms with Crippen LogP contribution in [0.2, 0.25) is 0 Å². The van der Waals surface area contributed by atoms with Gasteiger partial charge < -0.3 is 19.8 Å². The van der Waals surface area contributed by atoms with Crippen LogP contribution in [-0.4, -0.2) is 50.8 Å². The van der Waals surface area contributed by atoms with E-state index in [2.05, 4.69) is 28.8 Å². The monoisotopic (exact) mass is 299 g/mol. The van der Waals surface area contributed by atoms with Crippen molar-refractivity contribution in [2.45, 2.75) is 19.4 Å². The molecule has 20 heavy (non-hydrogen) atoms. The topological polar surface area (TPSA) is 58.8 Å². The highest BCUT2D eigenvalue weighted by Crippen LogP contribution is 1.99. The Balaban J connectivity index is 2.38. The summed E-state index contributed by atoms with van der Waals surface area (Å²) < 4.78 is 10.4. The number of methoxy groups -OCH3 is 1. The Labute approximate surface area is 125 Å². The summed E-state index contributed by atoms with van der Waals surface area (Å²) in [4.78, 5) is 4.54. The lowest BCUT2D eigenvalue weighted by Gasteiger charge is -2.17. The molecule has 1 rings (SSSR count). The molecule has 0 fully saturated rings. The molecule has 2 N–H and O–H groups in total. The van der Waals surface area contributed by atoms with Crippen molar-refractivity contribution in [1.29, 1.82) is 0 Å². The molecule has 1 aromatic rings. The van der Waals surface area contributed by atoms with Gasteiger partial charge in [-0.15, -0.1) is 0 Å². The van der Waals surface area contributed by atoms with Crippen molar-refractivity contribution < 1.29 is 9.15 Å². The molecule has 0 saturated heterocycles. The van der Waals surface area contributed by atoms with Gasteiger partial charge >= 0.3 is 0 Å². The summed E-state index contributed by atoms with van der Waals surface area (Å²) in [5, 5.41) is 6.65. The SMILES string of the molecule is COCC(C)NC(=NCCSC)NCCc1ccco1. The van der Waals surface area contributed by atoms with Crippen molar-refractivity contribution in [2.24, 2.45) is 4.99 Å². The summed E-state index contributed by atoms with van der Waals surface area (Å²) in [6.07, 6.45) is 4.62. The van der Waals surface area contributed by atoms with E-state index in [4.69, 9.17) is 9.15 Å². The molecule has 0 aliphatic heterocycles. The van der Waals surface area contributed by atoms with Crippen LogP contribution < -0.4 is 10.6 Å². The first-order chi connectivity index (χ1) is 9.76. The molecule has 1 unspecified atom stereocenters. The highest BCUT2D eigenvalue weighted by atomic mass is 32.2. The fourth-order valence-electron chi connectivity index (χ4n) is 1.69. The Hall–Kier alpha value is -1.14. The molecule has 0 aliphatic rings. The fourth-order valence-corrected chi connectivity index (χ4v) is 1.96. The summed E-state index contributed by atoms with van der Waals surface area (Å²) in [7, 11) is 1.70. The highest BCUT2D eigenvalue weighted by Gasteiger charge is 2.05. The van der Waals surface area contributed by atoms with E-state index >= 15 is 0 Å². The van der Waals surface area contributed by atoms with Crippen molar-refractivity contribution in [3.8, 4) is 0 Å². The van der Waals surface area contributed by atoms with Gasteiger partial charge in [-0.1, -0.05) is 0 Å². The number of nitrogens with zero attached hydrogens (tertiary/aromatic N) is 1. The molecule has 1 atom stereocenters. The maximum atomic E-state index is 5.31. The van der Waals surface area contributed by atoms with Gasteiger partial charge in [0.2, 0.25) is 0 Å². The first-order valence-electron chi connectivity index (χ1n) is 6.81. The van der Waals surface area contributed by atoms with E-state index in [0.717, 1.165) is 37.0 Å². The summed E-state index contributed by atoms with van der Waals surface area (Å²) in [5.41, 5.74) is 0. The van der Waals surface area contributed by atoms with E-state index in [9.17, 15) is 0 Å². The van der Waals surface area contributed by atoms with Gasteiger partial charge in [0.1, 0.15) is 5.76 Å². The number of guanidine groups is 1. The van der Waals surface area contributed by atoms with Gasteiger partial charge in [-0.3, -0.25) is 4.99 Å². The molecule has 6 heteroatoms. The minimum Gasteiger partial charge on any atom is -0.469 e. The van der Waals surface area contributed by atoms with Gasteiger partial charge in [-0.05, 0) is 25.3 Å². The van der Waals surface area contributed by atoms with E-state index in [-0.39, 0.29) is 6.04 Å². The maximum Gasteiger partial charge on any atom is 0.191 e. The van der Waals surface area contributed by atoms with E-state index in [1.807, 2.05) is 12.1 Å². The van der Waals surface area contributed by atoms with Crippen LogP contribution in [-0.2, 0) is 11.2 Å². The molecule has 0 amide bonds. The zero-order chi connectivity index (χ0) is 14.6. The molecular weight excluding hydrogens is 274 g/mol. The molecule has 0 aromatic carbocycles. The van der Waals surface area contributed by atoms with E-state index in [1.54, 1.807) is 25.1 Å². The lowest BCUT2D eigenvalue weighted by molar-refractivity contribution is 0.179. The summed E-state index contributed by atoms with van der Waals surface area (Å²) in [5.74, 6) is 2.82. The van der Waals surface area contributed by atoms with Gasteiger partial charge in [0.15, 0.2) is 5.96 Å². The van der Waals surface area contributed by atoms with Gasteiger partial charge in [0.05, 0.1) is 19.4 Å². The minimum atomic E-state index is 0.226. The normalized spacial score (nSPS) is 13.2. The molecule has 1 aromatic heterocycles. The molecular formula is C14H25N3O2S. The van der Waals surface area contributed by atoms with Crippen LogP contribution in [0, 0.1) is 0 Å². The van der Waals surface area contributed by atoms with Crippen LogP contribution in [0.25, 0.3) is 0 Å². The molecule has 0 bridgehead atoms. The Morgan fingerprint density at radius 1 is 1.55 bits per heavy atom. The van der Waals surface area contributed by atoms with Gasteiger partial charge in [0, 0.05) is 31.9 Å². The average molecular weight is 299 g/mol. The van der Waals surface area contributed by atoms with Crippen LogP contribution in [0.5, 0.6) is 0 Å².